The molecule has 0 aliphatic carbocycles. The third-order valence-corrected chi connectivity index (χ3v) is 3.71. The molecule has 0 N–H and O–H groups in total. The molecule has 0 spiro atoms. The zero-order chi connectivity index (χ0) is 12.7. The van der Waals surface area contributed by atoms with E-state index < -0.39 is 0 Å². The van der Waals surface area contributed by atoms with E-state index >= 15 is 0 Å². The van der Waals surface area contributed by atoms with Gasteiger partial charge in [-0.2, -0.15) is 0 Å². The van der Waals surface area contributed by atoms with Gasteiger partial charge in [0.25, 0.3) is 5.69 Å². The summed E-state index contributed by atoms with van der Waals surface area (Å²) in [6, 6.07) is 13.2. The minimum atomic E-state index is 0.521. The second kappa shape index (κ2) is 4.40. The fourth-order valence-electron chi connectivity index (χ4n) is 1.91. The normalized spacial score (nSPS) is 11.0. The molecule has 0 atom stereocenters. The Balaban J connectivity index is 2.39. The van der Waals surface area contributed by atoms with Gasteiger partial charge in [-0.25, -0.2) is 0 Å². The Hall–Kier alpha value is -1.33. The van der Waals surface area contributed by atoms with Gasteiger partial charge in [0.05, 0.1) is 15.9 Å². The van der Waals surface area contributed by atoms with Crippen molar-refractivity contribution in [2.24, 2.45) is 0 Å². The summed E-state index contributed by atoms with van der Waals surface area (Å²) in [4.78, 5) is 0.553. The lowest BCUT2D eigenvalue weighted by Crippen LogP contribution is -2.24. The van der Waals surface area contributed by atoms with Crippen molar-refractivity contribution in [1.29, 1.82) is 0 Å². The summed E-state index contributed by atoms with van der Waals surface area (Å²) >= 11 is 6.81. The molecule has 3 nitrogen and oxygen atoms in total. The van der Waals surface area contributed by atoms with Crippen LogP contribution in [-0.2, 0) is 0 Å². The Labute approximate surface area is 120 Å². The van der Waals surface area contributed by atoms with Crippen LogP contribution >= 0.6 is 31.9 Å². The topological polar surface area (TPSA) is 40.1 Å². The number of aromatic nitrogens is 1. The third-order valence-electron chi connectivity index (χ3n) is 2.67. The van der Waals surface area contributed by atoms with Gasteiger partial charge in [-0.3, -0.25) is 5.21 Å². The molecule has 90 valence electrons. The molecule has 18 heavy (non-hydrogen) atoms. The van der Waals surface area contributed by atoms with E-state index in [9.17, 15) is 5.21 Å². The molecule has 0 amide bonds. The van der Waals surface area contributed by atoms with E-state index in [0.29, 0.717) is 16.2 Å². The fourth-order valence-corrected chi connectivity index (χ4v) is 3.21. The predicted octanol–water partition coefficient (Wildman–Crippen LogP) is 4.26. The first-order valence-electron chi connectivity index (χ1n) is 5.24. The zero-order valence-corrected chi connectivity index (χ0v) is 12.2. The van der Waals surface area contributed by atoms with Crippen molar-refractivity contribution in [2.45, 2.75) is 0 Å². The Morgan fingerprint density at radius 1 is 1.06 bits per heavy atom. The third kappa shape index (κ3) is 1.83. The molecule has 0 aliphatic heterocycles. The highest BCUT2D eigenvalue weighted by molar-refractivity contribution is 9.11. The van der Waals surface area contributed by atoms with Crippen LogP contribution in [0, 0.1) is 5.21 Å². The van der Waals surface area contributed by atoms with E-state index in [2.05, 4.69) is 31.9 Å². The van der Waals surface area contributed by atoms with E-state index in [0.717, 1.165) is 19.9 Å². The number of fused-ring (bicyclic) bond motifs is 1. The van der Waals surface area contributed by atoms with Crippen molar-refractivity contribution < 1.29 is 9.43 Å². The molecule has 3 rings (SSSR count). The molecule has 1 heterocycles. The molecule has 5 heteroatoms. The summed E-state index contributed by atoms with van der Waals surface area (Å²) in [5.74, 6) is 0. The van der Waals surface area contributed by atoms with Crippen LogP contribution in [0.4, 0.5) is 0 Å². The summed E-state index contributed by atoms with van der Waals surface area (Å²) in [6.45, 7) is 0. The van der Waals surface area contributed by atoms with Crippen LogP contribution in [0.5, 0.6) is 0 Å². The highest BCUT2D eigenvalue weighted by atomic mass is 79.9. The molecule has 2 aromatic carbocycles. The quantitative estimate of drug-likeness (QED) is 0.602. The van der Waals surface area contributed by atoms with Gasteiger partial charge in [0.15, 0.2) is 0 Å². The van der Waals surface area contributed by atoms with Crippen LogP contribution in [0.15, 0.2) is 55.9 Å². The van der Waals surface area contributed by atoms with Crippen molar-refractivity contribution in [2.75, 3.05) is 0 Å². The van der Waals surface area contributed by atoms with Crippen LogP contribution in [0.3, 0.4) is 0 Å². The second-order valence-corrected chi connectivity index (χ2v) is 5.60. The largest absolute Gasteiger partial charge is 0.365 e. The Bertz CT molecular complexity index is 723. The van der Waals surface area contributed by atoms with E-state index in [1.54, 1.807) is 0 Å². The van der Waals surface area contributed by atoms with Gasteiger partial charge >= 0.3 is 0 Å². The molecule has 0 fully saturated rings. The first-order chi connectivity index (χ1) is 8.66. The second-order valence-electron chi connectivity index (χ2n) is 3.83. The highest BCUT2D eigenvalue weighted by Gasteiger charge is 2.20. The van der Waals surface area contributed by atoms with Gasteiger partial charge < -0.3 is 4.52 Å². The van der Waals surface area contributed by atoms with Crippen molar-refractivity contribution in [3.8, 4) is 11.3 Å². The van der Waals surface area contributed by atoms with E-state index in [4.69, 9.17) is 4.52 Å². The molecule has 0 unspecified atom stereocenters. The lowest BCUT2D eigenvalue weighted by Gasteiger charge is -1.96. The van der Waals surface area contributed by atoms with Crippen molar-refractivity contribution in [3.63, 3.8) is 0 Å². The van der Waals surface area contributed by atoms with Gasteiger partial charge in [0.2, 0.25) is 0 Å². The molecule has 0 saturated carbocycles. The monoisotopic (exact) mass is 367 g/mol. The van der Waals surface area contributed by atoms with Crippen LogP contribution in [0.1, 0.15) is 0 Å². The van der Waals surface area contributed by atoms with Crippen molar-refractivity contribution in [3.05, 3.63) is 56.6 Å². The number of rotatable bonds is 1. The van der Waals surface area contributed by atoms with Crippen LogP contribution < -0.4 is 4.90 Å². The van der Waals surface area contributed by atoms with Gasteiger partial charge in [-0.05, 0) is 40.2 Å². The lowest BCUT2D eigenvalue weighted by molar-refractivity contribution is -0.779. The molecule has 0 saturated heterocycles. The number of nitrogens with zero attached hydrogens (tertiary/aromatic N) is 1. The zero-order valence-electron chi connectivity index (χ0n) is 9.06. The number of hydrogen-bond acceptors (Lipinski definition) is 2. The summed E-state index contributed by atoms with van der Waals surface area (Å²) < 4.78 is 6.87. The maximum atomic E-state index is 11.9. The van der Waals surface area contributed by atoms with Crippen LogP contribution in [0.25, 0.3) is 22.2 Å². The average Bonchev–Trinajstić information content (AvgIpc) is 2.67. The summed E-state index contributed by atoms with van der Waals surface area (Å²) in [6.07, 6.45) is 0. The molecular formula is C13H7Br2NO2. The number of halogens is 2. The van der Waals surface area contributed by atoms with Crippen molar-refractivity contribution >= 4 is 42.8 Å². The molecule has 3 aromatic rings. The minimum absolute atomic E-state index is 0.521. The van der Waals surface area contributed by atoms with Crippen LogP contribution in [0.2, 0.25) is 0 Å². The van der Waals surface area contributed by atoms with Gasteiger partial charge in [-0.15, -0.1) is 0 Å². The molecule has 0 aliphatic rings. The van der Waals surface area contributed by atoms with Gasteiger partial charge in [-0.1, -0.05) is 34.1 Å². The van der Waals surface area contributed by atoms with Gasteiger partial charge in [0.1, 0.15) is 5.58 Å². The standard InChI is InChI=1S/C13H7Br2NO2/c14-9-6-10-12(8-4-2-1-3-5-8)16(17)18-13(10)11(15)7-9/h1-7H. The molecule has 0 radical (unpaired) electrons. The summed E-state index contributed by atoms with van der Waals surface area (Å²) in [5, 5.41) is 12.7. The average molecular weight is 369 g/mol. The molecule has 1 aromatic heterocycles. The summed E-state index contributed by atoms with van der Waals surface area (Å²) in [5.41, 5.74) is 1.90. The first-order valence-corrected chi connectivity index (χ1v) is 6.82. The number of benzene rings is 2. The Kier molecular flexibility index (Phi) is 2.87. The summed E-state index contributed by atoms with van der Waals surface area (Å²) in [7, 11) is 0. The molecular weight excluding hydrogens is 362 g/mol. The Morgan fingerprint density at radius 3 is 2.50 bits per heavy atom. The predicted molar refractivity (Wildman–Crippen MR) is 76.0 cm³/mol. The highest BCUT2D eigenvalue weighted by Crippen LogP contribution is 2.33. The van der Waals surface area contributed by atoms with Crippen molar-refractivity contribution in [1.82, 2.24) is 0 Å². The minimum Gasteiger partial charge on any atom is -0.365 e. The first kappa shape index (κ1) is 11.7. The smallest absolute Gasteiger partial charge is 0.284 e. The molecule has 0 bridgehead atoms. The van der Waals surface area contributed by atoms with E-state index in [1.165, 1.54) is 0 Å². The van der Waals surface area contributed by atoms with Crippen LogP contribution in [-0.4, -0.2) is 0 Å². The van der Waals surface area contributed by atoms with Gasteiger partial charge in [0, 0.05) is 8.95 Å². The fraction of sp³-hybridized carbons (Fsp3) is 0. The van der Waals surface area contributed by atoms with E-state index in [-0.39, 0.29) is 0 Å². The maximum absolute atomic E-state index is 11.9. The maximum Gasteiger partial charge on any atom is 0.284 e. The lowest BCUT2D eigenvalue weighted by atomic mass is 10.1. The number of hydrogen-bond donors (Lipinski definition) is 0. The Morgan fingerprint density at radius 2 is 1.78 bits per heavy atom. The SMILES string of the molecule is [O-][n+]1oc2c(Br)cc(Br)cc2c1-c1ccccc1. The van der Waals surface area contributed by atoms with E-state index in [1.807, 2.05) is 42.5 Å².